The van der Waals surface area contributed by atoms with Crippen molar-refractivity contribution in [2.24, 2.45) is 5.92 Å². The van der Waals surface area contributed by atoms with Gasteiger partial charge >= 0.3 is 5.97 Å². The maximum Gasteiger partial charge on any atom is 0.303 e. The Balaban J connectivity index is 2.32. The summed E-state index contributed by atoms with van der Waals surface area (Å²) in [7, 11) is 0. The number of carboxylic acid groups (broad SMARTS) is 1. The Morgan fingerprint density at radius 2 is 1.79 bits per heavy atom. The van der Waals surface area contributed by atoms with Crippen LogP contribution in [0.5, 0.6) is 0 Å². The molecule has 24 heavy (non-hydrogen) atoms. The highest BCUT2D eigenvalue weighted by Crippen LogP contribution is 2.32. The molecule has 3 nitrogen and oxygen atoms in total. The monoisotopic (exact) mass is 338 g/mol. The van der Waals surface area contributed by atoms with Crippen LogP contribution in [0.3, 0.4) is 0 Å². The molecule has 0 spiro atoms. The molecule has 0 saturated heterocycles. The van der Waals surface area contributed by atoms with Crippen LogP contribution in [0.4, 0.5) is 4.39 Å². The molecule has 0 aromatic rings. The van der Waals surface area contributed by atoms with Gasteiger partial charge in [0.15, 0.2) is 5.83 Å². The normalized spacial score (nSPS) is 19.1. The molecule has 1 atom stereocenters. The zero-order valence-corrected chi connectivity index (χ0v) is 14.9. The maximum absolute atomic E-state index is 13.6. The number of carbonyl (C=O) groups is 2. The van der Waals surface area contributed by atoms with E-state index in [-0.39, 0.29) is 12.3 Å². The molecule has 1 unspecified atom stereocenters. The highest BCUT2D eigenvalue weighted by Gasteiger charge is 2.29. The summed E-state index contributed by atoms with van der Waals surface area (Å²) in [6.45, 7) is 2.19. The van der Waals surface area contributed by atoms with Gasteiger partial charge in [-0.25, -0.2) is 4.39 Å². The molecule has 0 aliphatic heterocycles. The van der Waals surface area contributed by atoms with Crippen molar-refractivity contribution in [2.45, 2.75) is 84.0 Å². The number of hydrogen-bond donors (Lipinski definition) is 1. The molecule has 0 aromatic carbocycles. The number of carboxylic acids is 1. The van der Waals surface area contributed by atoms with E-state index < -0.39 is 17.6 Å². The lowest BCUT2D eigenvalue weighted by Gasteiger charge is -2.10. The fraction of sp³-hybridized carbons (Fsp3) is 0.700. The Hall–Kier alpha value is -1.45. The van der Waals surface area contributed by atoms with Crippen LogP contribution in [-0.2, 0) is 9.59 Å². The van der Waals surface area contributed by atoms with Crippen LogP contribution in [0.15, 0.2) is 23.6 Å². The van der Waals surface area contributed by atoms with Gasteiger partial charge < -0.3 is 5.11 Å². The third-order valence-corrected chi connectivity index (χ3v) is 4.55. The third kappa shape index (κ3) is 7.89. The van der Waals surface area contributed by atoms with Crippen molar-refractivity contribution in [1.29, 1.82) is 0 Å². The van der Waals surface area contributed by atoms with E-state index in [0.717, 1.165) is 38.5 Å². The zero-order chi connectivity index (χ0) is 17.8. The van der Waals surface area contributed by atoms with Crippen LogP contribution in [0.2, 0.25) is 0 Å². The smallest absolute Gasteiger partial charge is 0.303 e. The molecule has 136 valence electrons. The van der Waals surface area contributed by atoms with Crippen molar-refractivity contribution < 1.29 is 19.1 Å². The third-order valence-electron chi connectivity index (χ3n) is 4.55. The van der Waals surface area contributed by atoms with Gasteiger partial charge in [0.2, 0.25) is 5.78 Å². The Kier molecular flexibility index (Phi) is 10.3. The second-order valence-corrected chi connectivity index (χ2v) is 6.66. The molecule has 1 N–H and O–H groups in total. The molecule has 0 bridgehead atoms. The first-order valence-corrected chi connectivity index (χ1v) is 9.40. The predicted molar refractivity (Wildman–Crippen MR) is 94.5 cm³/mol. The van der Waals surface area contributed by atoms with Crippen LogP contribution >= 0.6 is 0 Å². The second kappa shape index (κ2) is 12.0. The summed E-state index contributed by atoms with van der Waals surface area (Å²) < 4.78 is 13.6. The fourth-order valence-electron chi connectivity index (χ4n) is 3.13. The van der Waals surface area contributed by atoms with E-state index >= 15 is 0 Å². The highest BCUT2D eigenvalue weighted by molar-refractivity contribution is 6.09. The molecule has 0 amide bonds. The summed E-state index contributed by atoms with van der Waals surface area (Å²) >= 11 is 0. The van der Waals surface area contributed by atoms with Crippen molar-refractivity contribution in [3.63, 3.8) is 0 Å². The van der Waals surface area contributed by atoms with Gasteiger partial charge in [0, 0.05) is 17.9 Å². The Morgan fingerprint density at radius 3 is 2.50 bits per heavy atom. The van der Waals surface area contributed by atoms with Crippen molar-refractivity contribution in [3.8, 4) is 0 Å². The molecule has 0 heterocycles. The molecule has 0 saturated carbocycles. The number of halogens is 1. The maximum atomic E-state index is 13.6. The number of Topliss-reactive ketones (excluding diaryl/α,β-unsaturated/α-hetero) is 1. The van der Waals surface area contributed by atoms with Crippen LogP contribution in [0.25, 0.3) is 0 Å². The molecule has 4 heteroatoms. The highest BCUT2D eigenvalue weighted by atomic mass is 19.1. The van der Waals surface area contributed by atoms with Gasteiger partial charge in [-0.3, -0.25) is 9.59 Å². The zero-order valence-electron chi connectivity index (χ0n) is 14.9. The van der Waals surface area contributed by atoms with Crippen molar-refractivity contribution in [1.82, 2.24) is 0 Å². The van der Waals surface area contributed by atoms with Crippen LogP contribution < -0.4 is 0 Å². The van der Waals surface area contributed by atoms with Crippen molar-refractivity contribution >= 4 is 11.8 Å². The number of aliphatic carboxylic acids is 1. The fourth-order valence-corrected chi connectivity index (χ4v) is 3.13. The Labute approximate surface area is 145 Å². The summed E-state index contributed by atoms with van der Waals surface area (Å²) in [4.78, 5) is 22.4. The molecule has 1 aliphatic rings. The van der Waals surface area contributed by atoms with Crippen LogP contribution in [0.1, 0.15) is 84.0 Å². The standard InChI is InChI=1S/C20H31FO3/c1-2-3-4-5-6-9-12-16-15-18(21)20(24)17(16)13-10-7-8-11-14-19(22)23/h13,15-16H,2-12,14H2,1H3,(H,22,23). The van der Waals surface area contributed by atoms with E-state index in [1.165, 1.54) is 31.8 Å². The predicted octanol–water partition coefficient (Wildman–Crippen LogP) is 5.75. The number of rotatable bonds is 13. The van der Waals surface area contributed by atoms with E-state index in [0.29, 0.717) is 12.0 Å². The largest absolute Gasteiger partial charge is 0.481 e. The number of unbranched alkanes of at least 4 members (excludes halogenated alkanes) is 8. The molecule has 1 aliphatic carbocycles. The summed E-state index contributed by atoms with van der Waals surface area (Å²) in [6, 6.07) is 0. The average Bonchev–Trinajstić information content (AvgIpc) is 2.81. The molecular formula is C20H31FO3. The van der Waals surface area contributed by atoms with Crippen molar-refractivity contribution in [3.05, 3.63) is 23.6 Å². The summed E-state index contributed by atoms with van der Waals surface area (Å²) in [5.41, 5.74) is 0.610. The number of carbonyl (C=O) groups excluding carboxylic acids is 1. The first-order valence-electron chi connectivity index (χ1n) is 9.40. The van der Waals surface area contributed by atoms with Crippen molar-refractivity contribution in [2.75, 3.05) is 0 Å². The summed E-state index contributed by atoms with van der Waals surface area (Å²) in [6.07, 6.45) is 14.5. The molecular weight excluding hydrogens is 307 g/mol. The summed E-state index contributed by atoms with van der Waals surface area (Å²) in [5.74, 6) is -1.90. The number of hydrogen-bond acceptors (Lipinski definition) is 2. The molecule has 1 rings (SSSR count). The lowest BCUT2D eigenvalue weighted by atomic mass is 9.94. The van der Waals surface area contributed by atoms with Gasteiger partial charge in [0.1, 0.15) is 0 Å². The average molecular weight is 338 g/mol. The molecule has 0 radical (unpaired) electrons. The van der Waals surface area contributed by atoms with E-state index in [2.05, 4.69) is 6.92 Å². The van der Waals surface area contributed by atoms with Gasteiger partial charge in [0.25, 0.3) is 0 Å². The van der Waals surface area contributed by atoms with E-state index in [9.17, 15) is 14.0 Å². The summed E-state index contributed by atoms with van der Waals surface area (Å²) in [5, 5.41) is 8.59. The van der Waals surface area contributed by atoms with Crippen LogP contribution in [-0.4, -0.2) is 16.9 Å². The van der Waals surface area contributed by atoms with Gasteiger partial charge in [-0.05, 0) is 31.8 Å². The minimum Gasteiger partial charge on any atom is -0.481 e. The van der Waals surface area contributed by atoms with E-state index in [4.69, 9.17) is 5.11 Å². The second-order valence-electron chi connectivity index (χ2n) is 6.66. The minimum atomic E-state index is -0.774. The Bertz CT molecular complexity index is 466. The van der Waals surface area contributed by atoms with E-state index in [1.807, 2.05) is 6.08 Å². The SMILES string of the molecule is CCCCCCCCC1C=C(F)C(=O)C1=CCCCCCC(=O)O. The first-order chi connectivity index (χ1) is 11.6. The molecule has 0 aromatic heterocycles. The Morgan fingerprint density at radius 1 is 1.12 bits per heavy atom. The van der Waals surface area contributed by atoms with Gasteiger partial charge in [-0.1, -0.05) is 57.9 Å². The van der Waals surface area contributed by atoms with Crippen LogP contribution in [0, 0.1) is 5.92 Å². The van der Waals surface area contributed by atoms with E-state index in [1.54, 1.807) is 0 Å². The first kappa shape index (κ1) is 20.6. The van der Waals surface area contributed by atoms with Gasteiger partial charge in [0.05, 0.1) is 0 Å². The quantitative estimate of drug-likeness (QED) is 0.343. The lowest BCUT2D eigenvalue weighted by Crippen LogP contribution is -2.04. The van der Waals surface area contributed by atoms with Gasteiger partial charge in [-0.15, -0.1) is 0 Å². The molecule has 0 fully saturated rings. The topological polar surface area (TPSA) is 54.4 Å². The minimum absolute atomic E-state index is 0.0669. The van der Waals surface area contributed by atoms with Gasteiger partial charge in [-0.2, -0.15) is 0 Å². The lowest BCUT2D eigenvalue weighted by molar-refractivity contribution is -0.137. The number of allylic oxidation sites excluding steroid dienone is 4. The number of ketones is 1.